The highest BCUT2D eigenvalue weighted by Gasteiger charge is 2.55. The van der Waals surface area contributed by atoms with Crippen LogP contribution in [0.1, 0.15) is 42.6 Å². The van der Waals surface area contributed by atoms with E-state index in [1.807, 2.05) is 28.9 Å². The molecule has 2 aliphatic rings. The summed E-state index contributed by atoms with van der Waals surface area (Å²) in [6, 6.07) is 10.5. The van der Waals surface area contributed by atoms with Crippen molar-refractivity contribution in [3.8, 4) is 0 Å². The van der Waals surface area contributed by atoms with Crippen LogP contribution in [-0.4, -0.2) is 40.5 Å². The Labute approximate surface area is 160 Å². The minimum atomic E-state index is 0.00637. The molecule has 6 heteroatoms. The normalized spacial score (nSPS) is 21.1. The van der Waals surface area contributed by atoms with Gasteiger partial charge in [0.1, 0.15) is 0 Å². The number of aryl methyl sites for hydroxylation is 2. The molecule has 1 atom stereocenters. The highest BCUT2D eigenvalue weighted by molar-refractivity contribution is 5.76. The van der Waals surface area contributed by atoms with E-state index < -0.39 is 0 Å². The van der Waals surface area contributed by atoms with Gasteiger partial charge in [0.2, 0.25) is 0 Å². The molecule has 1 spiro atoms. The highest BCUT2D eigenvalue weighted by Crippen LogP contribution is 2.54. The first kappa shape index (κ1) is 18.0. The maximum absolute atomic E-state index is 13.0. The zero-order chi connectivity index (χ0) is 18.9. The Morgan fingerprint density at radius 1 is 1.30 bits per heavy atom. The first-order valence-corrected chi connectivity index (χ1v) is 9.81. The molecule has 1 unspecified atom stereocenters. The van der Waals surface area contributed by atoms with Crippen LogP contribution in [0.15, 0.2) is 36.5 Å². The van der Waals surface area contributed by atoms with Gasteiger partial charge in [-0.15, -0.1) is 0 Å². The predicted octanol–water partition coefficient (Wildman–Crippen LogP) is 3.05. The molecule has 2 amide bonds. The summed E-state index contributed by atoms with van der Waals surface area (Å²) in [5.74, 6) is 0. The Morgan fingerprint density at radius 2 is 2.04 bits per heavy atom. The van der Waals surface area contributed by atoms with E-state index >= 15 is 0 Å². The molecule has 2 aromatic rings. The van der Waals surface area contributed by atoms with Gasteiger partial charge >= 0.3 is 6.03 Å². The first-order valence-electron chi connectivity index (χ1n) is 9.81. The van der Waals surface area contributed by atoms with Crippen molar-refractivity contribution in [2.75, 3.05) is 19.8 Å². The van der Waals surface area contributed by atoms with Gasteiger partial charge in [-0.25, -0.2) is 4.79 Å². The average molecular weight is 368 g/mol. The average Bonchev–Trinajstić information content (AvgIpc) is 3.05. The smallest absolute Gasteiger partial charge is 0.318 e. The number of urea groups is 1. The van der Waals surface area contributed by atoms with Crippen molar-refractivity contribution in [2.24, 2.45) is 12.5 Å². The highest BCUT2D eigenvalue weighted by atomic mass is 16.5. The van der Waals surface area contributed by atoms with Crippen molar-refractivity contribution in [1.82, 2.24) is 20.0 Å². The lowest BCUT2D eigenvalue weighted by atomic mass is 9.64. The van der Waals surface area contributed by atoms with Crippen LogP contribution in [-0.2, 0) is 24.8 Å². The number of rotatable bonds is 4. The van der Waals surface area contributed by atoms with E-state index in [4.69, 9.17) is 4.74 Å². The third kappa shape index (κ3) is 3.34. The number of benzene rings is 1. The Kier molecular flexibility index (Phi) is 4.91. The molecule has 2 saturated heterocycles. The number of ether oxygens (including phenoxy) is 1. The molecule has 3 heterocycles. The summed E-state index contributed by atoms with van der Waals surface area (Å²) in [7, 11) is 1.92. The Balaban J connectivity index is 1.49. The van der Waals surface area contributed by atoms with Crippen molar-refractivity contribution < 1.29 is 9.53 Å². The van der Waals surface area contributed by atoms with Gasteiger partial charge in [0.15, 0.2) is 0 Å². The molecule has 0 radical (unpaired) electrons. The molecule has 4 rings (SSSR count). The fourth-order valence-electron chi connectivity index (χ4n) is 4.60. The maximum Gasteiger partial charge on any atom is 0.318 e. The molecule has 0 aliphatic carbocycles. The quantitative estimate of drug-likeness (QED) is 0.902. The van der Waals surface area contributed by atoms with Crippen LogP contribution in [0.2, 0.25) is 0 Å². The Bertz CT molecular complexity index is 796. The SMILES string of the molecule is CCc1nn(C)cc1CNC(=O)N1CC2(CCOCC2)C1c1ccccc1. The van der Waals surface area contributed by atoms with Gasteiger partial charge in [0.05, 0.1) is 11.7 Å². The van der Waals surface area contributed by atoms with Crippen LogP contribution >= 0.6 is 0 Å². The topological polar surface area (TPSA) is 59.4 Å². The van der Waals surface area contributed by atoms with Gasteiger partial charge in [-0.1, -0.05) is 37.3 Å². The zero-order valence-electron chi connectivity index (χ0n) is 16.1. The van der Waals surface area contributed by atoms with E-state index in [-0.39, 0.29) is 17.5 Å². The molecule has 1 aromatic heterocycles. The summed E-state index contributed by atoms with van der Waals surface area (Å²) in [5, 5.41) is 7.57. The number of carbonyl (C=O) groups excluding carboxylic acids is 1. The van der Waals surface area contributed by atoms with E-state index in [1.54, 1.807) is 0 Å². The van der Waals surface area contributed by atoms with Gasteiger partial charge in [-0.3, -0.25) is 4.68 Å². The molecule has 2 fully saturated rings. The predicted molar refractivity (Wildman–Crippen MR) is 103 cm³/mol. The summed E-state index contributed by atoms with van der Waals surface area (Å²) in [6.45, 7) is 4.98. The number of aromatic nitrogens is 2. The van der Waals surface area contributed by atoms with Crippen molar-refractivity contribution in [1.29, 1.82) is 0 Å². The van der Waals surface area contributed by atoms with Crippen molar-refractivity contribution in [3.63, 3.8) is 0 Å². The molecular weight excluding hydrogens is 340 g/mol. The number of nitrogens with one attached hydrogen (secondary N) is 1. The molecule has 1 aromatic carbocycles. The van der Waals surface area contributed by atoms with Crippen LogP contribution < -0.4 is 5.32 Å². The number of likely N-dealkylation sites (tertiary alicyclic amines) is 1. The monoisotopic (exact) mass is 368 g/mol. The summed E-state index contributed by atoms with van der Waals surface area (Å²) in [6.07, 6.45) is 4.88. The van der Waals surface area contributed by atoms with Gasteiger partial charge in [0, 0.05) is 50.5 Å². The second kappa shape index (κ2) is 7.35. The second-order valence-corrected chi connectivity index (χ2v) is 7.70. The minimum absolute atomic E-state index is 0.00637. The fourth-order valence-corrected chi connectivity index (χ4v) is 4.60. The lowest BCUT2D eigenvalue weighted by Gasteiger charge is -2.59. The first-order chi connectivity index (χ1) is 13.1. The van der Waals surface area contributed by atoms with Gasteiger partial charge in [-0.2, -0.15) is 5.10 Å². The summed E-state index contributed by atoms with van der Waals surface area (Å²) >= 11 is 0. The third-order valence-electron chi connectivity index (χ3n) is 6.00. The summed E-state index contributed by atoms with van der Waals surface area (Å²) in [5.41, 5.74) is 3.50. The summed E-state index contributed by atoms with van der Waals surface area (Å²) in [4.78, 5) is 15.0. The third-order valence-corrected chi connectivity index (χ3v) is 6.00. The van der Waals surface area contributed by atoms with Crippen molar-refractivity contribution in [2.45, 2.75) is 38.8 Å². The van der Waals surface area contributed by atoms with Crippen LogP contribution in [0, 0.1) is 5.41 Å². The lowest BCUT2D eigenvalue weighted by molar-refractivity contribution is -0.111. The standard InChI is InChI=1S/C21H28N4O2/c1-3-18-17(14-24(2)23-18)13-22-20(26)25-15-21(9-11-27-12-10-21)19(25)16-7-5-4-6-8-16/h4-8,14,19H,3,9-13,15H2,1-2H3,(H,22,26). The van der Waals surface area contributed by atoms with Crippen LogP contribution in [0.3, 0.4) is 0 Å². The van der Waals surface area contributed by atoms with E-state index in [9.17, 15) is 4.79 Å². The minimum Gasteiger partial charge on any atom is -0.381 e. The fraction of sp³-hybridized carbons (Fsp3) is 0.524. The summed E-state index contributed by atoms with van der Waals surface area (Å²) < 4.78 is 7.40. The molecule has 0 bridgehead atoms. The van der Waals surface area contributed by atoms with E-state index in [0.717, 1.165) is 50.3 Å². The second-order valence-electron chi connectivity index (χ2n) is 7.70. The van der Waals surface area contributed by atoms with E-state index in [2.05, 4.69) is 41.6 Å². The van der Waals surface area contributed by atoms with E-state index in [0.29, 0.717) is 6.54 Å². The molecule has 144 valence electrons. The van der Waals surface area contributed by atoms with Crippen LogP contribution in [0.25, 0.3) is 0 Å². The Morgan fingerprint density at radius 3 is 2.74 bits per heavy atom. The Hall–Kier alpha value is -2.34. The van der Waals surface area contributed by atoms with Gasteiger partial charge < -0.3 is 15.0 Å². The largest absolute Gasteiger partial charge is 0.381 e. The molecule has 27 heavy (non-hydrogen) atoms. The number of hydrogen-bond acceptors (Lipinski definition) is 3. The molecule has 0 saturated carbocycles. The van der Waals surface area contributed by atoms with Gasteiger partial charge in [0.25, 0.3) is 0 Å². The zero-order valence-corrected chi connectivity index (χ0v) is 16.1. The van der Waals surface area contributed by atoms with E-state index in [1.165, 1.54) is 5.56 Å². The van der Waals surface area contributed by atoms with Crippen LogP contribution in [0.5, 0.6) is 0 Å². The van der Waals surface area contributed by atoms with Crippen molar-refractivity contribution >= 4 is 6.03 Å². The molecule has 1 N–H and O–H groups in total. The van der Waals surface area contributed by atoms with Crippen molar-refractivity contribution in [3.05, 3.63) is 53.3 Å². The maximum atomic E-state index is 13.0. The lowest BCUT2D eigenvalue weighted by Crippen LogP contribution is -2.64. The van der Waals surface area contributed by atoms with Gasteiger partial charge in [-0.05, 0) is 24.8 Å². The number of amides is 2. The number of carbonyl (C=O) groups is 1. The molecule has 6 nitrogen and oxygen atoms in total. The van der Waals surface area contributed by atoms with Crippen LogP contribution in [0.4, 0.5) is 4.79 Å². The number of nitrogens with zero attached hydrogens (tertiary/aromatic N) is 3. The molecule has 2 aliphatic heterocycles. The number of hydrogen-bond donors (Lipinski definition) is 1. The molecular formula is C21H28N4O2.